The second-order valence-electron chi connectivity index (χ2n) is 6.97. The summed E-state index contributed by atoms with van der Waals surface area (Å²) in [5, 5.41) is 5.85. The van der Waals surface area contributed by atoms with Crippen LogP contribution in [0.25, 0.3) is 0 Å². The molecule has 1 aromatic carbocycles. The largest absolute Gasteiger partial charge is 0.451 e. The minimum Gasteiger partial charge on any atom is -0.350 e. The molecule has 0 saturated carbocycles. The number of benzene rings is 1. The number of halogens is 3. The quantitative estimate of drug-likeness (QED) is 0.898. The molecule has 0 radical (unpaired) electrons. The van der Waals surface area contributed by atoms with E-state index in [1.807, 2.05) is 12.1 Å². The first-order chi connectivity index (χ1) is 11.9. The van der Waals surface area contributed by atoms with Crippen molar-refractivity contribution in [2.24, 2.45) is 7.05 Å². The molecule has 0 aliphatic rings. The van der Waals surface area contributed by atoms with Gasteiger partial charge in [-0.3, -0.25) is 9.36 Å². The maximum Gasteiger partial charge on any atom is 0.451 e. The summed E-state index contributed by atoms with van der Waals surface area (Å²) >= 11 is 0. The third-order valence-corrected chi connectivity index (χ3v) is 3.92. The number of nitrogens with zero attached hydrogens (tertiary/aromatic N) is 3. The third kappa shape index (κ3) is 4.33. The Morgan fingerprint density at radius 2 is 1.73 bits per heavy atom. The van der Waals surface area contributed by atoms with Gasteiger partial charge < -0.3 is 5.32 Å². The summed E-state index contributed by atoms with van der Waals surface area (Å²) in [4.78, 5) is 23.9. The fourth-order valence-electron chi connectivity index (χ4n) is 2.38. The highest BCUT2D eigenvalue weighted by Crippen LogP contribution is 2.26. The second kappa shape index (κ2) is 6.97. The molecule has 1 N–H and O–H groups in total. The number of rotatable bonds is 4. The Kier molecular flexibility index (Phi) is 5.29. The van der Waals surface area contributed by atoms with E-state index in [0.717, 1.165) is 12.6 Å². The number of carbonyl (C=O) groups is 1. The molecular formula is C17H21F3N4O2. The van der Waals surface area contributed by atoms with Crippen LogP contribution in [0.1, 0.15) is 42.5 Å². The summed E-state index contributed by atoms with van der Waals surface area (Å²) in [6.07, 6.45) is -4.71. The van der Waals surface area contributed by atoms with Gasteiger partial charge in [0.05, 0.1) is 6.54 Å². The van der Waals surface area contributed by atoms with Crippen molar-refractivity contribution in [2.45, 2.75) is 38.9 Å². The summed E-state index contributed by atoms with van der Waals surface area (Å²) in [5.74, 6) is -1.64. The van der Waals surface area contributed by atoms with Crippen LogP contribution in [-0.4, -0.2) is 26.8 Å². The zero-order valence-electron chi connectivity index (χ0n) is 15.0. The first-order valence-corrected chi connectivity index (χ1v) is 8.01. The minimum absolute atomic E-state index is 0.0198. The van der Waals surface area contributed by atoms with E-state index in [-0.39, 0.29) is 24.4 Å². The molecule has 26 heavy (non-hydrogen) atoms. The van der Waals surface area contributed by atoms with Crippen LogP contribution in [0.5, 0.6) is 0 Å². The summed E-state index contributed by atoms with van der Waals surface area (Å²) in [6.45, 7) is 5.99. The number of carbonyl (C=O) groups excluding carboxylic acids is 1. The van der Waals surface area contributed by atoms with E-state index >= 15 is 0 Å². The van der Waals surface area contributed by atoms with Crippen molar-refractivity contribution >= 4 is 5.91 Å². The number of alkyl halides is 3. The lowest BCUT2D eigenvalue weighted by molar-refractivity contribution is -0.147. The Bertz CT molecular complexity index is 843. The van der Waals surface area contributed by atoms with Gasteiger partial charge in [-0.2, -0.15) is 13.2 Å². The van der Waals surface area contributed by atoms with E-state index < -0.39 is 17.7 Å². The summed E-state index contributed by atoms with van der Waals surface area (Å²) < 4.78 is 39.3. The standard InChI is InChI=1S/C17H21F3N4O2/c1-16(2,3)12-7-5-11(6-8-12)13(25)21-9-10-24-15(26)23(4)14(22-24)17(18,19)20/h5-8H,9-10H2,1-4H3,(H,21,25). The predicted molar refractivity (Wildman–Crippen MR) is 89.9 cm³/mol. The number of nitrogens with one attached hydrogen (secondary N) is 1. The van der Waals surface area contributed by atoms with Crippen molar-refractivity contribution in [3.8, 4) is 0 Å². The van der Waals surface area contributed by atoms with E-state index in [4.69, 9.17) is 0 Å². The van der Waals surface area contributed by atoms with Crippen LogP contribution in [0.15, 0.2) is 29.1 Å². The molecule has 2 aromatic rings. The molecule has 0 spiro atoms. The summed E-state index contributed by atoms with van der Waals surface area (Å²) in [7, 11) is 1.00. The van der Waals surface area contributed by atoms with E-state index in [2.05, 4.69) is 31.2 Å². The molecular weight excluding hydrogens is 349 g/mol. The number of aromatic nitrogens is 3. The van der Waals surface area contributed by atoms with Crippen molar-refractivity contribution in [3.63, 3.8) is 0 Å². The first-order valence-electron chi connectivity index (χ1n) is 8.01. The van der Waals surface area contributed by atoms with Crippen molar-refractivity contribution in [2.75, 3.05) is 6.54 Å². The Morgan fingerprint density at radius 1 is 1.15 bits per heavy atom. The molecule has 0 aliphatic heterocycles. The molecule has 0 aliphatic carbocycles. The van der Waals surface area contributed by atoms with Crippen molar-refractivity contribution in [1.82, 2.24) is 19.7 Å². The number of hydrogen-bond acceptors (Lipinski definition) is 3. The van der Waals surface area contributed by atoms with E-state index in [1.54, 1.807) is 12.1 Å². The van der Waals surface area contributed by atoms with Crippen LogP contribution in [-0.2, 0) is 25.2 Å². The molecule has 0 unspecified atom stereocenters. The van der Waals surface area contributed by atoms with Crippen LogP contribution >= 0.6 is 0 Å². The normalized spacial score (nSPS) is 12.3. The highest BCUT2D eigenvalue weighted by atomic mass is 19.4. The SMILES string of the molecule is Cn1c(C(F)(F)F)nn(CCNC(=O)c2ccc(C(C)(C)C)cc2)c1=O. The summed E-state index contributed by atoms with van der Waals surface area (Å²) in [6, 6.07) is 7.08. The molecule has 1 amide bonds. The van der Waals surface area contributed by atoms with Gasteiger partial charge in [-0.25, -0.2) is 9.48 Å². The average Bonchev–Trinajstić information content (AvgIpc) is 2.82. The van der Waals surface area contributed by atoms with Gasteiger partial charge in [0, 0.05) is 19.2 Å². The molecule has 0 saturated heterocycles. The van der Waals surface area contributed by atoms with Gasteiger partial charge in [-0.15, -0.1) is 5.10 Å². The Hall–Kier alpha value is -2.58. The molecule has 1 aromatic heterocycles. The lowest BCUT2D eigenvalue weighted by Crippen LogP contribution is -2.31. The first kappa shape index (κ1) is 19.7. The highest BCUT2D eigenvalue weighted by molar-refractivity contribution is 5.94. The Balaban J connectivity index is 2.00. The molecule has 0 fully saturated rings. The van der Waals surface area contributed by atoms with Crippen LogP contribution in [0.2, 0.25) is 0 Å². The van der Waals surface area contributed by atoms with E-state index in [9.17, 15) is 22.8 Å². The fourth-order valence-corrected chi connectivity index (χ4v) is 2.38. The molecule has 1 heterocycles. The lowest BCUT2D eigenvalue weighted by Gasteiger charge is -2.19. The molecule has 142 valence electrons. The van der Waals surface area contributed by atoms with Gasteiger partial charge >= 0.3 is 11.9 Å². The third-order valence-electron chi connectivity index (χ3n) is 3.92. The van der Waals surface area contributed by atoms with Gasteiger partial charge in [0.25, 0.3) is 5.91 Å². The summed E-state index contributed by atoms with van der Waals surface area (Å²) in [5.41, 5.74) is 0.586. The molecule has 6 nitrogen and oxygen atoms in total. The van der Waals surface area contributed by atoms with Gasteiger partial charge in [0.2, 0.25) is 5.82 Å². The Morgan fingerprint density at radius 3 is 2.19 bits per heavy atom. The minimum atomic E-state index is -4.71. The second-order valence-corrected chi connectivity index (χ2v) is 6.97. The molecule has 9 heteroatoms. The zero-order chi connectivity index (χ0) is 19.7. The monoisotopic (exact) mass is 370 g/mol. The lowest BCUT2D eigenvalue weighted by atomic mass is 9.87. The number of amides is 1. The number of hydrogen-bond donors (Lipinski definition) is 1. The fraction of sp³-hybridized carbons (Fsp3) is 0.471. The van der Waals surface area contributed by atoms with Crippen LogP contribution in [0.4, 0.5) is 13.2 Å². The van der Waals surface area contributed by atoms with E-state index in [1.165, 1.54) is 0 Å². The predicted octanol–water partition coefficient (Wildman–Crippen LogP) is 2.33. The van der Waals surface area contributed by atoms with Gasteiger partial charge in [0.1, 0.15) is 0 Å². The zero-order valence-corrected chi connectivity index (χ0v) is 15.0. The van der Waals surface area contributed by atoms with Crippen LogP contribution in [0.3, 0.4) is 0 Å². The molecule has 0 bridgehead atoms. The maximum absolute atomic E-state index is 12.7. The van der Waals surface area contributed by atoms with E-state index in [0.29, 0.717) is 14.8 Å². The van der Waals surface area contributed by atoms with Crippen molar-refractivity contribution < 1.29 is 18.0 Å². The maximum atomic E-state index is 12.7. The van der Waals surface area contributed by atoms with Gasteiger partial charge in [-0.05, 0) is 23.1 Å². The molecule has 2 rings (SSSR count). The average molecular weight is 370 g/mol. The van der Waals surface area contributed by atoms with Crippen molar-refractivity contribution in [1.29, 1.82) is 0 Å². The van der Waals surface area contributed by atoms with Gasteiger partial charge in [0.15, 0.2) is 0 Å². The van der Waals surface area contributed by atoms with Crippen LogP contribution in [0, 0.1) is 0 Å². The smallest absolute Gasteiger partial charge is 0.350 e. The highest BCUT2D eigenvalue weighted by Gasteiger charge is 2.37. The van der Waals surface area contributed by atoms with Gasteiger partial charge in [-0.1, -0.05) is 32.9 Å². The Labute approximate surface area is 148 Å². The topological polar surface area (TPSA) is 68.9 Å². The van der Waals surface area contributed by atoms with Crippen LogP contribution < -0.4 is 11.0 Å². The van der Waals surface area contributed by atoms with Crippen molar-refractivity contribution in [3.05, 3.63) is 51.7 Å². The molecule has 0 atom stereocenters.